The van der Waals surface area contributed by atoms with E-state index in [9.17, 15) is 29.3 Å². The third kappa shape index (κ3) is 5.16. The number of hydrogen-bond donors (Lipinski definition) is 1. The molecule has 0 spiro atoms. The van der Waals surface area contributed by atoms with Gasteiger partial charge in [0.05, 0.1) is 4.92 Å². The van der Waals surface area contributed by atoms with Crippen LogP contribution in [0, 0.1) is 10.1 Å². The molecule has 0 aliphatic carbocycles. The molecule has 0 aromatic heterocycles. The highest BCUT2D eigenvalue weighted by atomic mass is 32.2. The van der Waals surface area contributed by atoms with Gasteiger partial charge in [0.25, 0.3) is 11.6 Å². The van der Waals surface area contributed by atoms with E-state index in [2.05, 4.69) is 5.32 Å². The van der Waals surface area contributed by atoms with Crippen molar-refractivity contribution in [1.29, 1.82) is 0 Å². The molecule has 2 aliphatic rings. The van der Waals surface area contributed by atoms with Gasteiger partial charge in [-0.3, -0.25) is 29.3 Å². The van der Waals surface area contributed by atoms with Gasteiger partial charge in [0.2, 0.25) is 5.91 Å². The first-order valence-corrected chi connectivity index (χ1v) is 11.7. The number of nitro groups is 1. The van der Waals surface area contributed by atoms with Crippen molar-refractivity contribution in [1.82, 2.24) is 10.4 Å². The highest BCUT2D eigenvalue weighted by Gasteiger charge is 2.63. The summed E-state index contributed by atoms with van der Waals surface area (Å²) in [4.78, 5) is 67.1. The minimum absolute atomic E-state index is 0.132. The molecule has 4 rings (SSSR count). The number of hydrogen-bond acceptors (Lipinski definition) is 10. The van der Waals surface area contributed by atoms with Crippen LogP contribution in [0.5, 0.6) is 0 Å². The summed E-state index contributed by atoms with van der Waals surface area (Å²) in [6.45, 7) is 0.667. The third-order valence-corrected chi connectivity index (χ3v) is 6.61. The first kappa shape index (κ1) is 25.1. The number of carbonyl (C=O) groups excluding carboxylic acids is 4. The summed E-state index contributed by atoms with van der Waals surface area (Å²) >= 11 is 1.16. The van der Waals surface area contributed by atoms with Gasteiger partial charge in [0.1, 0.15) is 24.5 Å². The molecular weight excluding hydrogens is 494 g/mol. The monoisotopic (exact) mass is 515 g/mol. The summed E-state index contributed by atoms with van der Waals surface area (Å²) in [6, 6.07) is 13.2. The summed E-state index contributed by atoms with van der Waals surface area (Å²) in [5, 5.41) is 13.1. The molecule has 2 saturated heterocycles. The average Bonchev–Trinajstić information content (AvgIpc) is 3.38. The van der Waals surface area contributed by atoms with E-state index in [0.29, 0.717) is 10.6 Å². The molecule has 188 valence electrons. The topological polar surface area (TPSA) is 154 Å². The molecule has 2 aliphatic heterocycles. The maximum Gasteiger partial charge on any atom is 0.375 e. The molecule has 0 radical (unpaired) electrons. The van der Waals surface area contributed by atoms with Crippen molar-refractivity contribution in [3.05, 3.63) is 70.3 Å². The predicted molar refractivity (Wildman–Crippen MR) is 123 cm³/mol. The molecule has 12 nitrogen and oxygen atoms in total. The fourth-order valence-corrected chi connectivity index (χ4v) is 4.82. The molecule has 0 saturated carbocycles. The van der Waals surface area contributed by atoms with Gasteiger partial charge in [-0.25, -0.2) is 4.79 Å². The number of rotatable bonds is 8. The Morgan fingerprint density at radius 2 is 1.89 bits per heavy atom. The highest BCUT2D eigenvalue weighted by molar-refractivity contribution is 8.00. The number of nitrogens with one attached hydrogen (secondary N) is 1. The summed E-state index contributed by atoms with van der Waals surface area (Å²) in [7, 11) is 0. The molecule has 13 heteroatoms. The smallest absolute Gasteiger partial charge is 0.375 e. The number of non-ortho nitro benzene ring substituents is 1. The van der Waals surface area contributed by atoms with Gasteiger partial charge in [-0.05, 0) is 29.8 Å². The van der Waals surface area contributed by atoms with Crippen LogP contribution in [0.3, 0.4) is 0 Å². The minimum Gasteiger partial charge on any atom is -0.456 e. The van der Waals surface area contributed by atoms with Gasteiger partial charge in [-0.1, -0.05) is 18.2 Å². The third-order valence-electron chi connectivity index (χ3n) is 5.43. The van der Waals surface area contributed by atoms with Crippen LogP contribution in [0.1, 0.15) is 18.9 Å². The number of benzene rings is 2. The molecule has 2 fully saturated rings. The number of nitro benzene ring substituents is 1. The highest BCUT2D eigenvalue weighted by Crippen LogP contribution is 2.42. The van der Waals surface area contributed by atoms with Crippen LogP contribution in [-0.2, 0) is 40.1 Å². The zero-order chi connectivity index (χ0) is 25.9. The molecule has 36 heavy (non-hydrogen) atoms. The second kappa shape index (κ2) is 10.3. The standard InChI is InChI=1S/C23H21N3O9S/c1-14(27)24-18-13-34-25(20(18)28)23(11-19(21(29)35-23)36-17-5-3-2-4-6-17)22(30)33-12-15-7-9-16(10-8-15)26(31)32/h2-10,18-19H,11-13H2,1H3,(H,24,27)/t18-,19?,23?/m0/s1. The maximum absolute atomic E-state index is 13.3. The van der Waals surface area contributed by atoms with Gasteiger partial charge in [0.15, 0.2) is 0 Å². The van der Waals surface area contributed by atoms with E-state index in [1.807, 2.05) is 6.07 Å². The molecule has 2 heterocycles. The Balaban J connectivity index is 1.56. The summed E-state index contributed by atoms with van der Waals surface area (Å²) in [5.41, 5.74) is -1.91. The number of hydroxylamine groups is 2. The van der Waals surface area contributed by atoms with Crippen molar-refractivity contribution in [2.45, 2.75) is 41.9 Å². The molecule has 2 unspecified atom stereocenters. The lowest BCUT2D eigenvalue weighted by Crippen LogP contribution is -2.57. The summed E-state index contributed by atoms with van der Waals surface area (Å²) in [5.74, 6) is -3.04. The lowest BCUT2D eigenvalue weighted by atomic mass is 10.1. The average molecular weight is 516 g/mol. The van der Waals surface area contributed by atoms with Crippen molar-refractivity contribution < 1.29 is 38.4 Å². The van der Waals surface area contributed by atoms with Crippen LogP contribution in [0.2, 0.25) is 0 Å². The van der Waals surface area contributed by atoms with E-state index in [4.69, 9.17) is 14.3 Å². The predicted octanol–water partition coefficient (Wildman–Crippen LogP) is 1.72. The SMILES string of the molecule is CC(=O)N[C@H]1CON(C2(C(=O)OCc3ccc([N+](=O)[O-])cc3)CC(Sc3ccccc3)C(=O)O2)C1=O. The van der Waals surface area contributed by atoms with Crippen molar-refractivity contribution in [2.75, 3.05) is 6.61 Å². The molecule has 2 aromatic rings. The van der Waals surface area contributed by atoms with E-state index in [1.54, 1.807) is 24.3 Å². The fraction of sp³-hybridized carbons (Fsp3) is 0.304. The second-order valence-electron chi connectivity index (χ2n) is 8.01. The minimum atomic E-state index is -2.21. The number of esters is 2. The van der Waals surface area contributed by atoms with Crippen LogP contribution in [0.4, 0.5) is 5.69 Å². The Hall–Kier alpha value is -3.97. The van der Waals surface area contributed by atoms with Crippen molar-refractivity contribution in [3.63, 3.8) is 0 Å². The zero-order valence-electron chi connectivity index (χ0n) is 18.9. The van der Waals surface area contributed by atoms with Gasteiger partial charge in [-0.2, -0.15) is 5.06 Å². The van der Waals surface area contributed by atoms with Crippen molar-refractivity contribution >= 4 is 41.2 Å². The number of amides is 2. The largest absolute Gasteiger partial charge is 0.456 e. The van der Waals surface area contributed by atoms with Crippen molar-refractivity contribution in [3.8, 4) is 0 Å². The Kier molecular flexibility index (Phi) is 7.22. The summed E-state index contributed by atoms with van der Waals surface area (Å²) < 4.78 is 10.9. The first-order valence-electron chi connectivity index (χ1n) is 10.8. The van der Waals surface area contributed by atoms with Gasteiger partial charge in [0, 0.05) is 30.4 Å². The number of nitrogens with zero attached hydrogens (tertiary/aromatic N) is 2. The van der Waals surface area contributed by atoms with Crippen LogP contribution >= 0.6 is 11.8 Å². The Morgan fingerprint density at radius 1 is 1.19 bits per heavy atom. The van der Waals surface area contributed by atoms with E-state index < -0.39 is 45.7 Å². The zero-order valence-corrected chi connectivity index (χ0v) is 19.8. The maximum atomic E-state index is 13.3. The second-order valence-corrected chi connectivity index (χ2v) is 9.29. The van der Waals surface area contributed by atoms with Crippen LogP contribution in [-0.4, -0.2) is 57.4 Å². The Labute approximate surface area is 209 Å². The first-order chi connectivity index (χ1) is 17.2. The van der Waals surface area contributed by atoms with Crippen molar-refractivity contribution in [2.24, 2.45) is 0 Å². The van der Waals surface area contributed by atoms with E-state index >= 15 is 0 Å². The van der Waals surface area contributed by atoms with Crippen LogP contribution < -0.4 is 5.32 Å². The van der Waals surface area contributed by atoms with Gasteiger partial charge >= 0.3 is 17.7 Å². The van der Waals surface area contributed by atoms with E-state index in [1.165, 1.54) is 31.2 Å². The summed E-state index contributed by atoms with van der Waals surface area (Å²) in [6.07, 6.45) is -0.261. The number of ether oxygens (including phenoxy) is 2. The molecule has 2 aromatic carbocycles. The Morgan fingerprint density at radius 3 is 2.53 bits per heavy atom. The van der Waals surface area contributed by atoms with Gasteiger partial charge < -0.3 is 14.8 Å². The van der Waals surface area contributed by atoms with E-state index in [0.717, 1.165) is 16.7 Å². The molecular formula is C23H21N3O9S. The number of cyclic esters (lactones) is 1. The quantitative estimate of drug-likeness (QED) is 0.312. The fourth-order valence-electron chi connectivity index (χ4n) is 3.73. The molecule has 2 amide bonds. The molecule has 3 atom stereocenters. The number of carbonyl (C=O) groups is 4. The van der Waals surface area contributed by atoms with Crippen LogP contribution in [0.15, 0.2) is 59.5 Å². The molecule has 1 N–H and O–H groups in total. The van der Waals surface area contributed by atoms with Gasteiger partial charge in [-0.15, -0.1) is 11.8 Å². The molecule has 0 bridgehead atoms. The van der Waals surface area contributed by atoms with E-state index in [-0.39, 0.29) is 25.3 Å². The lowest BCUT2D eigenvalue weighted by Gasteiger charge is -2.32. The lowest BCUT2D eigenvalue weighted by molar-refractivity contribution is -0.384. The normalized spacial score (nSPS) is 23.3. The van der Waals surface area contributed by atoms with Crippen LogP contribution in [0.25, 0.3) is 0 Å². The number of thioether (sulfide) groups is 1. The Bertz CT molecular complexity index is 1190.